The Bertz CT molecular complexity index is 770. The second-order valence-corrected chi connectivity index (χ2v) is 5.55. The van der Waals surface area contributed by atoms with Crippen molar-refractivity contribution in [1.29, 1.82) is 0 Å². The van der Waals surface area contributed by atoms with Crippen LogP contribution in [-0.2, 0) is 0 Å². The summed E-state index contributed by atoms with van der Waals surface area (Å²) in [5, 5.41) is 9.15. The highest BCUT2D eigenvalue weighted by Crippen LogP contribution is 2.32. The van der Waals surface area contributed by atoms with Gasteiger partial charge < -0.3 is 9.84 Å². The minimum atomic E-state index is -1.30. The van der Waals surface area contributed by atoms with E-state index in [1.54, 1.807) is 0 Å². The molecule has 3 rings (SSSR count). The van der Waals surface area contributed by atoms with Crippen molar-refractivity contribution < 1.29 is 27.8 Å². The highest BCUT2D eigenvalue weighted by molar-refractivity contribution is 5.90. The van der Waals surface area contributed by atoms with Gasteiger partial charge in [0.2, 0.25) is 0 Å². The number of carboxylic acid groups (broad SMARTS) is 1. The maximum atomic E-state index is 13.9. The predicted molar refractivity (Wildman–Crippen MR) is 76.9 cm³/mol. The molecule has 2 aromatic rings. The zero-order chi connectivity index (χ0) is 16.6. The van der Waals surface area contributed by atoms with Gasteiger partial charge in [0.25, 0.3) is 0 Å². The van der Waals surface area contributed by atoms with E-state index in [1.807, 2.05) is 0 Å². The summed E-state index contributed by atoms with van der Waals surface area (Å²) in [6.07, 6.45) is 2.12. The number of aromatic carboxylic acids is 1. The molecule has 0 heterocycles. The molecular formula is C17H13F3O3. The van der Waals surface area contributed by atoms with Gasteiger partial charge in [0.05, 0.1) is 12.2 Å². The number of hydrogen-bond acceptors (Lipinski definition) is 2. The number of ether oxygens (including phenoxy) is 1. The lowest BCUT2D eigenvalue weighted by Crippen LogP contribution is -2.03. The maximum absolute atomic E-state index is 13.9. The van der Waals surface area contributed by atoms with Crippen LogP contribution in [0.15, 0.2) is 30.3 Å². The number of carboxylic acids is 1. The van der Waals surface area contributed by atoms with Crippen molar-refractivity contribution in [3.05, 3.63) is 53.3 Å². The Morgan fingerprint density at radius 1 is 1.04 bits per heavy atom. The van der Waals surface area contributed by atoms with E-state index in [-0.39, 0.29) is 22.4 Å². The molecular weight excluding hydrogens is 309 g/mol. The first-order valence-corrected chi connectivity index (χ1v) is 7.10. The van der Waals surface area contributed by atoms with E-state index in [9.17, 15) is 18.0 Å². The van der Waals surface area contributed by atoms with Crippen LogP contribution >= 0.6 is 0 Å². The Labute approximate surface area is 130 Å². The van der Waals surface area contributed by atoms with Crippen LogP contribution in [0.5, 0.6) is 5.75 Å². The molecule has 0 amide bonds. The van der Waals surface area contributed by atoms with E-state index in [4.69, 9.17) is 9.84 Å². The normalized spacial score (nSPS) is 13.9. The van der Waals surface area contributed by atoms with Gasteiger partial charge in [-0.3, -0.25) is 0 Å². The largest absolute Gasteiger partial charge is 0.493 e. The lowest BCUT2D eigenvalue weighted by atomic mass is 10.0. The van der Waals surface area contributed by atoms with E-state index in [2.05, 4.69) is 0 Å². The van der Waals surface area contributed by atoms with Crippen LogP contribution < -0.4 is 4.74 Å². The second kappa shape index (κ2) is 5.95. The number of carbonyl (C=O) groups is 1. The molecule has 3 nitrogen and oxygen atoms in total. The summed E-state index contributed by atoms with van der Waals surface area (Å²) in [7, 11) is 0. The van der Waals surface area contributed by atoms with Crippen LogP contribution in [0.25, 0.3) is 11.1 Å². The number of benzene rings is 2. The molecule has 0 aromatic heterocycles. The molecule has 120 valence electrons. The number of hydrogen-bond donors (Lipinski definition) is 1. The van der Waals surface area contributed by atoms with Crippen molar-refractivity contribution in [2.45, 2.75) is 12.8 Å². The van der Waals surface area contributed by atoms with Crippen molar-refractivity contribution in [3.63, 3.8) is 0 Å². The Morgan fingerprint density at radius 3 is 2.39 bits per heavy atom. The van der Waals surface area contributed by atoms with Crippen molar-refractivity contribution in [1.82, 2.24) is 0 Å². The summed E-state index contributed by atoms with van der Waals surface area (Å²) in [6, 6.07) is 5.08. The fraction of sp³-hybridized carbons (Fsp3) is 0.235. The quantitative estimate of drug-likeness (QED) is 0.837. The zero-order valence-electron chi connectivity index (χ0n) is 12.0. The SMILES string of the molecule is O=C(O)c1cc(OCC2CC2)cc(-c2cc(F)c(F)cc2F)c1. The Kier molecular flexibility index (Phi) is 3.98. The third-order valence-corrected chi connectivity index (χ3v) is 3.66. The van der Waals surface area contributed by atoms with Crippen LogP contribution in [0.3, 0.4) is 0 Å². The summed E-state index contributed by atoms with van der Waals surface area (Å²) >= 11 is 0. The highest BCUT2D eigenvalue weighted by Gasteiger charge is 2.22. The third-order valence-electron chi connectivity index (χ3n) is 3.66. The van der Waals surface area contributed by atoms with Gasteiger partial charge in [-0.15, -0.1) is 0 Å². The van der Waals surface area contributed by atoms with Crippen LogP contribution in [0.4, 0.5) is 13.2 Å². The van der Waals surface area contributed by atoms with Gasteiger partial charge in [-0.1, -0.05) is 0 Å². The molecule has 1 fully saturated rings. The molecule has 23 heavy (non-hydrogen) atoms. The smallest absolute Gasteiger partial charge is 0.335 e. The standard InChI is InChI=1S/C17H13F3O3/c18-14-7-16(20)15(19)6-13(14)10-3-11(17(21)22)5-12(4-10)23-8-9-1-2-9/h3-7,9H,1-2,8H2,(H,21,22). The zero-order valence-corrected chi connectivity index (χ0v) is 12.0. The van der Waals surface area contributed by atoms with Crippen molar-refractivity contribution >= 4 is 5.97 Å². The van der Waals surface area contributed by atoms with Crippen LogP contribution in [-0.4, -0.2) is 17.7 Å². The lowest BCUT2D eigenvalue weighted by Gasteiger charge is -2.11. The molecule has 1 saturated carbocycles. The van der Waals surface area contributed by atoms with Crippen molar-refractivity contribution in [2.24, 2.45) is 5.92 Å². The molecule has 0 saturated heterocycles. The van der Waals surface area contributed by atoms with Crippen molar-refractivity contribution in [3.8, 4) is 16.9 Å². The molecule has 0 radical (unpaired) electrons. The molecule has 6 heteroatoms. The molecule has 1 aliphatic carbocycles. The average molecular weight is 322 g/mol. The molecule has 1 N–H and O–H groups in total. The fourth-order valence-electron chi connectivity index (χ4n) is 2.20. The van der Waals surface area contributed by atoms with Gasteiger partial charge in [-0.05, 0) is 48.6 Å². The van der Waals surface area contributed by atoms with E-state index in [0.29, 0.717) is 24.7 Å². The molecule has 0 bridgehead atoms. The van der Waals surface area contributed by atoms with Crippen LogP contribution in [0.1, 0.15) is 23.2 Å². The van der Waals surface area contributed by atoms with Crippen molar-refractivity contribution in [2.75, 3.05) is 6.61 Å². The van der Waals surface area contributed by atoms with E-state index in [0.717, 1.165) is 12.8 Å². The summed E-state index contributed by atoms with van der Waals surface area (Å²) in [6.45, 7) is 0.447. The molecule has 0 atom stereocenters. The summed E-state index contributed by atoms with van der Waals surface area (Å²) in [5.74, 6) is -3.98. The van der Waals surface area contributed by atoms with E-state index < -0.39 is 23.4 Å². The van der Waals surface area contributed by atoms with E-state index >= 15 is 0 Å². The Morgan fingerprint density at radius 2 is 1.74 bits per heavy atom. The van der Waals surface area contributed by atoms with Gasteiger partial charge >= 0.3 is 5.97 Å². The molecule has 1 aliphatic rings. The Balaban J connectivity index is 2.02. The van der Waals surface area contributed by atoms with Crippen LogP contribution in [0, 0.1) is 23.4 Å². The fourth-order valence-corrected chi connectivity index (χ4v) is 2.20. The summed E-state index contributed by atoms with van der Waals surface area (Å²) in [5.41, 5.74) is -0.215. The molecule has 2 aromatic carbocycles. The van der Waals surface area contributed by atoms with Gasteiger partial charge in [-0.25, -0.2) is 18.0 Å². The summed E-state index contributed by atoms with van der Waals surface area (Å²) < 4.78 is 45.9. The van der Waals surface area contributed by atoms with E-state index in [1.165, 1.54) is 18.2 Å². The summed E-state index contributed by atoms with van der Waals surface area (Å²) in [4.78, 5) is 11.2. The maximum Gasteiger partial charge on any atom is 0.335 e. The number of rotatable bonds is 5. The topological polar surface area (TPSA) is 46.5 Å². The minimum absolute atomic E-state index is 0.113. The van der Waals surface area contributed by atoms with Gasteiger partial charge in [-0.2, -0.15) is 0 Å². The third kappa shape index (κ3) is 3.47. The Hall–Kier alpha value is -2.50. The van der Waals surface area contributed by atoms with Gasteiger partial charge in [0.15, 0.2) is 11.6 Å². The van der Waals surface area contributed by atoms with Crippen LogP contribution in [0.2, 0.25) is 0 Å². The lowest BCUT2D eigenvalue weighted by molar-refractivity contribution is 0.0696. The van der Waals surface area contributed by atoms with Gasteiger partial charge in [0, 0.05) is 11.6 Å². The molecule has 0 spiro atoms. The van der Waals surface area contributed by atoms with Gasteiger partial charge in [0.1, 0.15) is 11.6 Å². The first kappa shape index (κ1) is 15.4. The average Bonchev–Trinajstić information content (AvgIpc) is 3.33. The predicted octanol–water partition coefficient (Wildman–Crippen LogP) is 4.26. The monoisotopic (exact) mass is 322 g/mol. The second-order valence-electron chi connectivity index (χ2n) is 5.55. The first-order chi connectivity index (χ1) is 10.9. The molecule has 0 aliphatic heterocycles. The first-order valence-electron chi connectivity index (χ1n) is 7.10. The highest BCUT2D eigenvalue weighted by atomic mass is 19.2. The number of halogens is 3. The minimum Gasteiger partial charge on any atom is -0.493 e. The molecule has 0 unspecified atom stereocenters.